The van der Waals surface area contributed by atoms with Gasteiger partial charge in [0.05, 0.1) is 15.8 Å². The summed E-state index contributed by atoms with van der Waals surface area (Å²) >= 11 is 3.45. The fraction of sp³-hybridized carbons (Fsp3) is 0.0926. The van der Waals surface area contributed by atoms with Crippen LogP contribution in [0.4, 0.5) is 61.2 Å². The minimum atomic E-state index is 0.116. The molecular weight excluding hydrogens is 1480 g/mol. The minimum absolute atomic E-state index is 0.116. The Kier molecular flexibility index (Phi) is 20.5. The molecule has 0 fully saturated rings. The molecule has 0 radical (unpaired) electrons. The van der Waals surface area contributed by atoms with Crippen LogP contribution >= 0.6 is 22.7 Å². The second-order valence-electron chi connectivity index (χ2n) is 30.2. The number of hydrogen-bond donors (Lipinski definition) is 0. The predicted octanol–water partition coefficient (Wildman–Crippen LogP) is 29.7. The van der Waals surface area contributed by atoms with Crippen molar-refractivity contribution in [1.29, 1.82) is 0 Å². The summed E-state index contributed by atoms with van der Waals surface area (Å²) in [5, 5.41) is 2.06. The summed E-state index contributed by atoms with van der Waals surface area (Å²) < 4.78 is 25.8. The van der Waals surface area contributed by atoms with Gasteiger partial charge < -0.3 is 33.6 Å². The Hall–Kier alpha value is -13.9. The number of nitrogens with zero attached hydrogens (tertiary/aromatic N) is 4. The molecule has 0 saturated carbocycles. The Morgan fingerprint density at radius 2 is 0.542 bits per heavy atom. The van der Waals surface area contributed by atoms with Crippen molar-refractivity contribution in [2.45, 2.75) is 37.6 Å². The van der Waals surface area contributed by atoms with E-state index in [1.807, 2.05) is 6.07 Å². The first-order valence-electron chi connectivity index (χ1n) is 40.8. The number of hydrogen-bond acceptors (Lipinski definition) is 10. The van der Waals surface area contributed by atoms with Gasteiger partial charge in [0.1, 0.15) is 36.4 Å². The van der Waals surface area contributed by atoms with E-state index in [0.29, 0.717) is 26.4 Å². The first-order chi connectivity index (χ1) is 58.5. The normalized spacial score (nSPS) is 14.7. The van der Waals surface area contributed by atoms with E-state index < -0.39 is 0 Å². The lowest BCUT2D eigenvalue weighted by Gasteiger charge is -2.35. The summed E-state index contributed by atoms with van der Waals surface area (Å²) in [5.74, 6) is 3.51. The highest BCUT2D eigenvalue weighted by molar-refractivity contribution is 7.21. The molecule has 20 rings (SSSR count). The lowest BCUT2D eigenvalue weighted by Crippen LogP contribution is -2.31. The van der Waals surface area contributed by atoms with Crippen LogP contribution in [0.15, 0.2) is 400 Å². The molecule has 0 N–H and O–H groups in total. The third kappa shape index (κ3) is 15.0. The van der Waals surface area contributed by atoms with Crippen molar-refractivity contribution in [2.24, 2.45) is 0 Å². The number of rotatable bonds is 21. The van der Waals surface area contributed by atoms with Crippen LogP contribution in [0.2, 0.25) is 0 Å². The molecule has 2 atom stereocenters. The van der Waals surface area contributed by atoms with Crippen molar-refractivity contribution in [1.82, 2.24) is 0 Å². The predicted molar refractivity (Wildman–Crippen MR) is 492 cm³/mol. The Labute approximate surface area is 698 Å². The quantitative estimate of drug-likeness (QED) is 0.0660. The van der Waals surface area contributed by atoms with Crippen molar-refractivity contribution in [3.8, 4) is 88.4 Å². The smallest absolute Gasteiger partial charge is 0.197 e. The number of benzene rings is 14. The number of fused-ring (bicyclic) bond motifs is 2. The highest BCUT2D eigenvalue weighted by Crippen LogP contribution is 2.59. The maximum absolute atomic E-state index is 6.51. The summed E-state index contributed by atoms with van der Waals surface area (Å²) in [5.41, 5.74) is 27.6. The molecule has 0 spiro atoms. The summed E-state index contributed by atoms with van der Waals surface area (Å²) in [4.78, 5) is 11.7. The molecule has 118 heavy (non-hydrogen) atoms. The summed E-state index contributed by atoms with van der Waals surface area (Å²) in [6.07, 6.45) is 13.4. The van der Waals surface area contributed by atoms with E-state index in [1.54, 1.807) is 22.7 Å². The fourth-order valence-electron chi connectivity index (χ4n) is 16.9. The van der Waals surface area contributed by atoms with E-state index in [4.69, 9.17) is 18.9 Å². The average molecular weight is 1570 g/mol. The van der Waals surface area contributed by atoms with Crippen molar-refractivity contribution in [2.75, 3.05) is 46.0 Å². The molecule has 0 bridgehead atoms. The fourth-order valence-corrected chi connectivity index (χ4v) is 19.4. The molecule has 2 aliphatic heterocycles. The van der Waals surface area contributed by atoms with Gasteiger partial charge in [-0.25, -0.2) is 0 Å². The van der Waals surface area contributed by atoms with Gasteiger partial charge in [0.25, 0.3) is 0 Å². The zero-order valence-corrected chi connectivity index (χ0v) is 66.8. The van der Waals surface area contributed by atoms with E-state index in [9.17, 15) is 0 Å². The van der Waals surface area contributed by atoms with E-state index >= 15 is 0 Å². The minimum Gasteiger partial charge on any atom is -0.485 e. The van der Waals surface area contributed by atoms with E-state index in [2.05, 4.69) is 414 Å². The number of allylic oxidation sites excluding steroid dienone is 5. The van der Waals surface area contributed by atoms with Crippen LogP contribution in [0.5, 0.6) is 23.0 Å². The highest BCUT2D eigenvalue weighted by Gasteiger charge is 2.35. The average Bonchev–Trinajstić information content (AvgIpc) is 1.58. The molecule has 10 heteroatoms. The van der Waals surface area contributed by atoms with Crippen LogP contribution in [0, 0.1) is 0 Å². The van der Waals surface area contributed by atoms with Crippen molar-refractivity contribution >= 4 is 95.0 Å². The number of para-hydroxylation sites is 2. The number of ether oxygens (including phenoxy) is 4. The highest BCUT2D eigenvalue weighted by atomic mass is 32.1. The molecule has 4 aliphatic rings. The van der Waals surface area contributed by atoms with Gasteiger partial charge in [-0.3, -0.25) is 4.90 Å². The van der Waals surface area contributed by atoms with Gasteiger partial charge in [-0.1, -0.05) is 285 Å². The lowest BCUT2D eigenvalue weighted by atomic mass is 9.86. The van der Waals surface area contributed by atoms with Gasteiger partial charge in [-0.15, -0.1) is 22.7 Å². The second-order valence-corrected chi connectivity index (χ2v) is 32.2. The van der Waals surface area contributed by atoms with E-state index in [0.717, 1.165) is 164 Å². The standard InChI is InChI=1S/C108H84N4O4S2/c1-7-20-75(21-8-1)77-34-36-78(37-35-77)80-40-56-94(57-41-80)110(96-60-44-82(45-61-96)84-48-68-100(69-49-84)112(92-32-17-6-18-33-92)108-104-102(114-71-73-116-104)106(118-108)88-26-13-4-14-27-88)98-64-52-86(53-65-98)90-29-19-28-89(74-90)85-50-62-97(63-51-85)109(93-54-38-79(39-55-93)76-22-9-2-10-23-76)95-58-42-81(43-59-95)83-46-66-99(67-47-83)111(91-30-15-5-16-31-91)107-103-101(113-70-72-115-103)105(117-107)87-24-11-3-12-25-87/h1-34,36,38-48,50-68,74,84,100H,35,37,49,69-73H2. The van der Waals surface area contributed by atoms with Gasteiger partial charge >= 0.3 is 0 Å². The summed E-state index contributed by atoms with van der Waals surface area (Å²) in [6, 6.07) is 136. The van der Waals surface area contributed by atoms with Crippen LogP contribution in [0.25, 0.3) is 76.5 Å². The summed E-state index contributed by atoms with van der Waals surface area (Å²) in [6.45, 7) is 2.05. The van der Waals surface area contributed by atoms with Crippen LogP contribution < -0.4 is 38.5 Å². The van der Waals surface area contributed by atoms with Gasteiger partial charge in [0.15, 0.2) is 23.0 Å². The topological polar surface area (TPSA) is 49.9 Å². The first-order valence-corrected chi connectivity index (χ1v) is 42.4. The largest absolute Gasteiger partial charge is 0.485 e. The first kappa shape index (κ1) is 73.0. The van der Waals surface area contributed by atoms with Gasteiger partial charge in [-0.2, -0.15) is 0 Å². The maximum Gasteiger partial charge on any atom is 0.197 e. The van der Waals surface area contributed by atoms with Crippen molar-refractivity contribution < 1.29 is 18.9 Å². The molecule has 8 nitrogen and oxygen atoms in total. The molecule has 2 unspecified atom stereocenters. The maximum atomic E-state index is 6.51. The molecule has 2 aliphatic carbocycles. The molecule has 572 valence electrons. The SMILES string of the molecule is C1=CC(N(c2ccccc2)c2sc(-c3ccccc3)c3c2OCCO3)CCC1c1ccc(N(c2ccc(C3=CC=C(c4ccccc4)CC3)cc2)c2ccc(-c3cccc(-c4ccc(N(c5ccc(-c6ccccc6)cc5)c5ccc(-c6ccc(N(c7ccccc7)c7sc(-c8ccccc8)c8c7OCCO8)cc6)cc5)cc4)c3)cc2)cc1. The molecule has 4 heterocycles. The van der Waals surface area contributed by atoms with Crippen LogP contribution in [0.3, 0.4) is 0 Å². The van der Waals surface area contributed by atoms with Gasteiger partial charge in [-0.05, 0) is 224 Å². The third-order valence-corrected chi connectivity index (χ3v) is 25.3. The monoisotopic (exact) mass is 1560 g/mol. The molecule has 16 aromatic rings. The van der Waals surface area contributed by atoms with Gasteiger partial charge in [0.2, 0.25) is 0 Å². The zero-order valence-electron chi connectivity index (χ0n) is 65.2. The van der Waals surface area contributed by atoms with Crippen LogP contribution in [-0.2, 0) is 0 Å². The van der Waals surface area contributed by atoms with Crippen molar-refractivity contribution in [3.63, 3.8) is 0 Å². The van der Waals surface area contributed by atoms with Crippen LogP contribution in [0.1, 0.15) is 48.3 Å². The van der Waals surface area contributed by atoms with Gasteiger partial charge in [0, 0.05) is 57.1 Å². The van der Waals surface area contributed by atoms with E-state index in [-0.39, 0.29) is 12.0 Å². The van der Waals surface area contributed by atoms with E-state index in [1.165, 1.54) is 39.0 Å². The molecular formula is C108H84N4O4S2. The molecule has 0 saturated heterocycles. The van der Waals surface area contributed by atoms with Crippen molar-refractivity contribution in [3.05, 3.63) is 417 Å². The summed E-state index contributed by atoms with van der Waals surface area (Å²) in [7, 11) is 0. The third-order valence-electron chi connectivity index (χ3n) is 22.9. The van der Waals surface area contributed by atoms with Crippen LogP contribution in [-0.4, -0.2) is 32.5 Å². The second kappa shape index (κ2) is 33.1. The Morgan fingerprint density at radius 3 is 0.949 bits per heavy atom. The lowest BCUT2D eigenvalue weighted by molar-refractivity contribution is 0.174. The molecule has 0 amide bonds. The number of anilines is 11. The molecule has 14 aromatic carbocycles. The number of thiophene rings is 2. The Bertz CT molecular complexity index is 6260. The molecule has 2 aromatic heterocycles. The Morgan fingerprint density at radius 1 is 0.237 bits per heavy atom. The zero-order chi connectivity index (χ0) is 78.5. The Balaban J connectivity index is 0.574.